The van der Waals surface area contributed by atoms with E-state index in [1.807, 2.05) is 10.3 Å². The van der Waals surface area contributed by atoms with Crippen molar-refractivity contribution in [3.63, 3.8) is 0 Å². The van der Waals surface area contributed by atoms with Crippen molar-refractivity contribution in [2.45, 2.75) is 32.8 Å². The van der Waals surface area contributed by atoms with Gasteiger partial charge in [0.1, 0.15) is 6.10 Å². The normalized spacial score (nSPS) is 19.8. The summed E-state index contributed by atoms with van der Waals surface area (Å²) < 4.78 is 5.77. The molecular weight excluding hydrogens is 312 g/mol. The van der Waals surface area contributed by atoms with E-state index < -0.39 is 0 Å². The Morgan fingerprint density at radius 3 is 3.04 bits per heavy atom. The smallest absolute Gasteiger partial charge is 0.317 e. The lowest BCUT2D eigenvalue weighted by atomic mass is 9.94. The van der Waals surface area contributed by atoms with E-state index in [9.17, 15) is 4.79 Å². The summed E-state index contributed by atoms with van der Waals surface area (Å²) in [7, 11) is 0. The molecule has 1 saturated heterocycles. The lowest BCUT2D eigenvalue weighted by Crippen LogP contribution is -2.48. The van der Waals surface area contributed by atoms with Gasteiger partial charge in [-0.3, -0.25) is 0 Å². The van der Waals surface area contributed by atoms with Crippen LogP contribution >= 0.6 is 11.3 Å². The van der Waals surface area contributed by atoms with Gasteiger partial charge in [-0.05, 0) is 47.1 Å². The lowest BCUT2D eigenvalue weighted by molar-refractivity contribution is -0.0153. The van der Waals surface area contributed by atoms with Gasteiger partial charge >= 0.3 is 6.03 Å². The van der Waals surface area contributed by atoms with E-state index in [-0.39, 0.29) is 18.7 Å². The molecule has 0 spiro atoms. The minimum Gasteiger partial charge on any atom is -0.396 e. The number of amides is 2. The Labute approximate surface area is 142 Å². The third-order valence-corrected chi connectivity index (χ3v) is 4.85. The molecule has 2 unspecified atom stereocenters. The molecule has 1 aliphatic heterocycles. The number of thiophene rings is 1. The first-order valence-corrected chi connectivity index (χ1v) is 9.31. The number of nitrogens with zero attached hydrogens (tertiary/aromatic N) is 1. The van der Waals surface area contributed by atoms with E-state index >= 15 is 0 Å². The number of morpholine rings is 1. The van der Waals surface area contributed by atoms with Crippen LogP contribution in [0.3, 0.4) is 0 Å². The van der Waals surface area contributed by atoms with Gasteiger partial charge in [0.25, 0.3) is 0 Å². The minimum absolute atomic E-state index is 0.0235. The summed E-state index contributed by atoms with van der Waals surface area (Å²) in [6, 6.07) is 2.02. The Balaban J connectivity index is 1.82. The summed E-state index contributed by atoms with van der Waals surface area (Å²) in [6.07, 6.45) is 1.73. The van der Waals surface area contributed by atoms with E-state index in [4.69, 9.17) is 9.84 Å². The maximum absolute atomic E-state index is 12.4. The van der Waals surface area contributed by atoms with Gasteiger partial charge in [0.2, 0.25) is 0 Å². The summed E-state index contributed by atoms with van der Waals surface area (Å²) in [6.45, 7) is 6.92. The largest absolute Gasteiger partial charge is 0.396 e. The third kappa shape index (κ3) is 5.79. The van der Waals surface area contributed by atoms with E-state index in [1.165, 1.54) is 0 Å². The number of aliphatic hydroxyl groups excluding tert-OH is 1. The number of aliphatic hydroxyl groups is 1. The molecule has 1 fully saturated rings. The Morgan fingerprint density at radius 2 is 2.39 bits per heavy atom. The predicted molar refractivity (Wildman–Crippen MR) is 92.6 cm³/mol. The van der Waals surface area contributed by atoms with Crippen molar-refractivity contribution < 1.29 is 14.6 Å². The molecule has 2 atom stereocenters. The first-order chi connectivity index (χ1) is 11.1. The Hall–Kier alpha value is -1.11. The summed E-state index contributed by atoms with van der Waals surface area (Å²) in [5, 5.41) is 16.3. The van der Waals surface area contributed by atoms with Crippen LogP contribution in [0.4, 0.5) is 4.79 Å². The fourth-order valence-corrected chi connectivity index (χ4v) is 3.69. The molecule has 0 saturated carbocycles. The summed E-state index contributed by atoms with van der Waals surface area (Å²) in [5.41, 5.74) is 1.14. The first kappa shape index (κ1) is 18.2. The number of carbonyl (C=O) groups excluding carboxylic acids is 1. The molecule has 6 heteroatoms. The Kier molecular flexibility index (Phi) is 7.33. The van der Waals surface area contributed by atoms with Gasteiger partial charge in [0.15, 0.2) is 0 Å². The van der Waals surface area contributed by atoms with Crippen LogP contribution in [0.5, 0.6) is 0 Å². The average molecular weight is 340 g/mol. The van der Waals surface area contributed by atoms with Crippen molar-refractivity contribution in [3.8, 4) is 0 Å². The maximum Gasteiger partial charge on any atom is 0.317 e. The molecule has 0 radical (unpaired) electrons. The number of hydrogen-bond donors (Lipinski definition) is 2. The van der Waals surface area contributed by atoms with Gasteiger partial charge in [-0.2, -0.15) is 11.3 Å². The van der Waals surface area contributed by atoms with Crippen LogP contribution in [0.1, 0.15) is 38.4 Å². The standard InChI is InChI=1S/C17H28N2O3S/c1-13(2)9-14(3-6-20)10-18-17(21)19-5-7-22-16(11-19)15-4-8-23-12-15/h4,8,12-14,16,20H,3,5-7,9-11H2,1-2H3,(H,18,21). The number of hydrogen-bond acceptors (Lipinski definition) is 4. The van der Waals surface area contributed by atoms with Crippen LogP contribution in [-0.4, -0.2) is 48.9 Å². The second-order valence-corrected chi connectivity index (χ2v) is 7.34. The van der Waals surface area contributed by atoms with Crippen LogP contribution in [0.25, 0.3) is 0 Å². The molecule has 0 aromatic carbocycles. The van der Waals surface area contributed by atoms with Crippen molar-refractivity contribution in [2.24, 2.45) is 11.8 Å². The summed E-state index contributed by atoms with van der Waals surface area (Å²) in [4.78, 5) is 14.2. The van der Waals surface area contributed by atoms with Gasteiger partial charge in [-0.15, -0.1) is 0 Å². The SMILES string of the molecule is CC(C)CC(CCO)CNC(=O)N1CCOC(c2ccsc2)C1. The molecule has 2 N–H and O–H groups in total. The second-order valence-electron chi connectivity index (χ2n) is 6.56. The number of ether oxygens (including phenoxy) is 1. The molecule has 1 aromatic heterocycles. The van der Waals surface area contributed by atoms with Crippen molar-refractivity contribution >= 4 is 17.4 Å². The van der Waals surface area contributed by atoms with Crippen molar-refractivity contribution in [2.75, 3.05) is 32.8 Å². The topological polar surface area (TPSA) is 61.8 Å². The maximum atomic E-state index is 12.4. The highest BCUT2D eigenvalue weighted by atomic mass is 32.1. The molecule has 2 amide bonds. The Morgan fingerprint density at radius 1 is 1.57 bits per heavy atom. The molecule has 0 bridgehead atoms. The fourth-order valence-electron chi connectivity index (χ4n) is 2.99. The van der Waals surface area contributed by atoms with Gasteiger partial charge in [-0.25, -0.2) is 4.79 Å². The molecule has 2 rings (SSSR count). The zero-order valence-corrected chi connectivity index (χ0v) is 14.8. The predicted octanol–water partition coefficient (Wildman–Crippen LogP) is 2.88. The Bertz CT molecular complexity index is 464. The number of nitrogens with one attached hydrogen (secondary N) is 1. The monoisotopic (exact) mass is 340 g/mol. The van der Waals surface area contributed by atoms with Crippen LogP contribution in [0.15, 0.2) is 16.8 Å². The number of urea groups is 1. The lowest BCUT2D eigenvalue weighted by Gasteiger charge is -2.33. The van der Waals surface area contributed by atoms with Crippen LogP contribution in [0.2, 0.25) is 0 Å². The first-order valence-electron chi connectivity index (χ1n) is 8.37. The van der Waals surface area contributed by atoms with Crippen molar-refractivity contribution in [3.05, 3.63) is 22.4 Å². The highest BCUT2D eigenvalue weighted by Gasteiger charge is 2.26. The quantitative estimate of drug-likeness (QED) is 0.802. The summed E-state index contributed by atoms with van der Waals surface area (Å²) in [5.74, 6) is 0.896. The molecular formula is C17H28N2O3S. The molecule has 1 aromatic rings. The van der Waals surface area contributed by atoms with E-state index in [2.05, 4.69) is 30.6 Å². The van der Waals surface area contributed by atoms with Crippen LogP contribution in [0, 0.1) is 11.8 Å². The van der Waals surface area contributed by atoms with Gasteiger partial charge in [0.05, 0.1) is 13.2 Å². The van der Waals surface area contributed by atoms with E-state index in [0.29, 0.717) is 38.1 Å². The second kappa shape index (κ2) is 9.25. The molecule has 2 heterocycles. The average Bonchev–Trinajstić information content (AvgIpc) is 3.06. The molecule has 1 aliphatic rings. The van der Waals surface area contributed by atoms with Crippen molar-refractivity contribution in [1.29, 1.82) is 0 Å². The van der Waals surface area contributed by atoms with Crippen LogP contribution in [-0.2, 0) is 4.74 Å². The zero-order chi connectivity index (χ0) is 16.7. The number of rotatable bonds is 7. The van der Waals surface area contributed by atoms with Crippen LogP contribution < -0.4 is 5.32 Å². The molecule has 23 heavy (non-hydrogen) atoms. The van der Waals surface area contributed by atoms with E-state index in [1.54, 1.807) is 11.3 Å². The fraction of sp³-hybridized carbons (Fsp3) is 0.706. The molecule has 130 valence electrons. The third-order valence-electron chi connectivity index (χ3n) is 4.15. The van der Waals surface area contributed by atoms with Gasteiger partial charge in [-0.1, -0.05) is 13.8 Å². The van der Waals surface area contributed by atoms with Crippen molar-refractivity contribution in [1.82, 2.24) is 10.2 Å². The molecule has 5 nitrogen and oxygen atoms in total. The van der Waals surface area contributed by atoms with Gasteiger partial charge in [0, 0.05) is 19.7 Å². The highest BCUT2D eigenvalue weighted by molar-refractivity contribution is 7.07. The highest BCUT2D eigenvalue weighted by Crippen LogP contribution is 2.24. The number of carbonyl (C=O) groups is 1. The zero-order valence-electron chi connectivity index (χ0n) is 14.0. The summed E-state index contributed by atoms with van der Waals surface area (Å²) >= 11 is 1.65. The van der Waals surface area contributed by atoms with Gasteiger partial charge < -0.3 is 20.1 Å². The minimum atomic E-state index is -0.0276. The van der Waals surface area contributed by atoms with E-state index in [0.717, 1.165) is 18.4 Å². The molecule has 0 aliphatic carbocycles.